The lowest BCUT2D eigenvalue weighted by molar-refractivity contribution is 0.159. The smallest absolute Gasteiger partial charge is 0.231 e. The van der Waals surface area contributed by atoms with Crippen molar-refractivity contribution in [3.05, 3.63) is 84.2 Å². The van der Waals surface area contributed by atoms with Crippen molar-refractivity contribution in [3.8, 4) is 17.2 Å². The molecule has 0 aliphatic carbocycles. The van der Waals surface area contributed by atoms with Crippen LogP contribution in [0.4, 0.5) is 10.1 Å². The molecule has 0 N–H and O–H groups in total. The zero-order valence-electron chi connectivity index (χ0n) is 18.0. The summed E-state index contributed by atoms with van der Waals surface area (Å²) in [4.78, 5) is 4.89. The van der Waals surface area contributed by atoms with Crippen LogP contribution in [-0.4, -0.2) is 44.4 Å². The molecule has 5 rings (SSSR count). The molecular weight excluding hydrogens is 407 g/mol. The highest BCUT2D eigenvalue weighted by Crippen LogP contribution is 2.36. The third kappa shape index (κ3) is 4.81. The predicted octanol–water partition coefficient (Wildman–Crippen LogP) is 4.89. The second-order valence-electron chi connectivity index (χ2n) is 8.13. The second kappa shape index (κ2) is 9.49. The molecule has 0 unspecified atom stereocenters. The van der Waals surface area contributed by atoms with Crippen molar-refractivity contribution >= 4 is 5.69 Å². The summed E-state index contributed by atoms with van der Waals surface area (Å²) >= 11 is 0. The average molecular weight is 435 g/mol. The van der Waals surface area contributed by atoms with Gasteiger partial charge >= 0.3 is 0 Å². The molecular formula is C26H27FN2O3. The van der Waals surface area contributed by atoms with Gasteiger partial charge in [0.1, 0.15) is 17.7 Å². The molecule has 3 aromatic carbocycles. The lowest BCUT2D eigenvalue weighted by Gasteiger charge is -2.36. The van der Waals surface area contributed by atoms with E-state index in [-0.39, 0.29) is 18.7 Å². The molecule has 1 atom stereocenters. The fraction of sp³-hybridized carbons (Fsp3) is 0.308. The van der Waals surface area contributed by atoms with Gasteiger partial charge in [-0.3, -0.25) is 4.90 Å². The largest absolute Gasteiger partial charge is 0.486 e. The highest BCUT2D eigenvalue weighted by atomic mass is 19.1. The number of hydrogen-bond donors (Lipinski definition) is 0. The Labute approximate surface area is 187 Å². The fourth-order valence-corrected chi connectivity index (χ4v) is 4.28. The van der Waals surface area contributed by atoms with Crippen LogP contribution < -0.4 is 19.1 Å². The van der Waals surface area contributed by atoms with Crippen LogP contribution in [0.15, 0.2) is 72.8 Å². The fourth-order valence-electron chi connectivity index (χ4n) is 4.28. The second-order valence-corrected chi connectivity index (χ2v) is 8.13. The van der Waals surface area contributed by atoms with Crippen LogP contribution >= 0.6 is 0 Å². The maximum absolute atomic E-state index is 13.7. The SMILES string of the molecule is Fc1cccc(O[C@H](CCN2CCN(c3ccccc3)CC2)c2ccc3c(c2)OCO3)c1. The normalized spacial score (nSPS) is 16.7. The van der Waals surface area contributed by atoms with Crippen molar-refractivity contribution in [2.24, 2.45) is 0 Å². The minimum Gasteiger partial charge on any atom is -0.486 e. The molecule has 0 saturated carbocycles. The van der Waals surface area contributed by atoms with E-state index in [4.69, 9.17) is 14.2 Å². The van der Waals surface area contributed by atoms with Crippen LogP contribution in [0.25, 0.3) is 0 Å². The molecule has 2 aliphatic heterocycles. The molecule has 5 nitrogen and oxygen atoms in total. The van der Waals surface area contributed by atoms with Gasteiger partial charge in [0.2, 0.25) is 6.79 Å². The molecule has 6 heteroatoms. The Morgan fingerprint density at radius 2 is 1.66 bits per heavy atom. The van der Waals surface area contributed by atoms with E-state index in [1.54, 1.807) is 12.1 Å². The van der Waals surface area contributed by atoms with Crippen molar-refractivity contribution in [1.82, 2.24) is 4.90 Å². The van der Waals surface area contributed by atoms with E-state index in [1.165, 1.54) is 17.8 Å². The summed E-state index contributed by atoms with van der Waals surface area (Å²) < 4.78 is 31.0. The first-order valence-corrected chi connectivity index (χ1v) is 11.1. The van der Waals surface area contributed by atoms with Gasteiger partial charge in [0.15, 0.2) is 11.5 Å². The third-order valence-corrected chi connectivity index (χ3v) is 6.04. The molecule has 2 aliphatic rings. The molecule has 0 amide bonds. The van der Waals surface area contributed by atoms with Crippen LogP contribution in [0.3, 0.4) is 0 Å². The van der Waals surface area contributed by atoms with Crippen LogP contribution in [0, 0.1) is 5.82 Å². The maximum Gasteiger partial charge on any atom is 0.231 e. The topological polar surface area (TPSA) is 34.2 Å². The zero-order valence-corrected chi connectivity index (χ0v) is 18.0. The number of para-hydroxylation sites is 1. The first-order chi connectivity index (χ1) is 15.7. The zero-order chi connectivity index (χ0) is 21.8. The highest BCUT2D eigenvalue weighted by molar-refractivity contribution is 5.47. The number of piperazine rings is 1. The molecule has 166 valence electrons. The summed E-state index contributed by atoms with van der Waals surface area (Å²) in [6.45, 7) is 5.15. The van der Waals surface area contributed by atoms with Gasteiger partial charge in [0.05, 0.1) is 0 Å². The van der Waals surface area contributed by atoms with E-state index in [2.05, 4.69) is 40.1 Å². The van der Waals surface area contributed by atoms with Gasteiger partial charge in [-0.05, 0) is 42.0 Å². The van der Waals surface area contributed by atoms with Crippen LogP contribution in [0.1, 0.15) is 18.1 Å². The molecule has 1 saturated heterocycles. The number of fused-ring (bicyclic) bond motifs is 1. The van der Waals surface area contributed by atoms with Crippen LogP contribution in [0.2, 0.25) is 0 Å². The van der Waals surface area contributed by atoms with Gasteiger partial charge in [-0.2, -0.15) is 0 Å². The van der Waals surface area contributed by atoms with Gasteiger partial charge in [0, 0.05) is 50.9 Å². The van der Waals surface area contributed by atoms with Gasteiger partial charge < -0.3 is 19.1 Å². The van der Waals surface area contributed by atoms with E-state index >= 15 is 0 Å². The van der Waals surface area contributed by atoms with Gasteiger partial charge in [0.25, 0.3) is 0 Å². The predicted molar refractivity (Wildman–Crippen MR) is 122 cm³/mol. The highest BCUT2D eigenvalue weighted by Gasteiger charge is 2.22. The van der Waals surface area contributed by atoms with Crippen molar-refractivity contribution < 1.29 is 18.6 Å². The summed E-state index contributed by atoms with van der Waals surface area (Å²) in [5.41, 5.74) is 2.28. The van der Waals surface area contributed by atoms with Crippen LogP contribution in [0.5, 0.6) is 17.2 Å². The quantitative estimate of drug-likeness (QED) is 0.529. The minimum atomic E-state index is -0.302. The Kier molecular flexibility index (Phi) is 6.12. The number of ether oxygens (including phenoxy) is 3. The Morgan fingerprint density at radius 3 is 2.47 bits per heavy atom. The van der Waals surface area contributed by atoms with Crippen LogP contribution in [-0.2, 0) is 0 Å². The monoisotopic (exact) mass is 434 g/mol. The van der Waals surface area contributed by atoms with E-state index in [1.807, 2.05) is 18.2 Å². The summed E-state index contributed by atoms with van der Waals surface area (Å²) in [7, 11) is 0. The Morgan fingerprint density at radius 1 is 0.844 bits per heavy atom. The lowest BCUT2D eigenvalue weighted by atomic mass is 10.0. The summed E-state index contributed by atoms with van der Waals surface area (Å²) in [6.07, 6.45) is 0.583. The van der Waals surface area contributed by atoms with Crippen molar-refractivity contribution in [1.29, 1.82) is 0 Å². The van der Waals surface area contributed by atoms with Gasteiger partial charge in [-0.1, -0.05) is 30.3 Å². The van der Waals surface area contributed by atoms with E-state index in [0.717, 1.165) is 56.2 Å². The van der Waals surface area contributed by atoms with Gasteiger partial charge in [-0.25, -0.2) is 4.39 Å². The van der Waals surface area contributed by atoms with E-state index in [9.17, 15) is 4.39 Å². The number of benzene rings is 3. The maximum atomic E-state index is 13.7. The standard InChI is InChI=1S/C26H27FN2O3/c27-21-5-4-8-23(18-21)32-24(20-9-10-25-26(17-20)31-19-30-25)11-12-28-13-15-29(16-14-28)22-6-2-1-3-7-22/h1-10,17-18,24H,11-16,19H2/t24-/m1/s1. The molecule has 0 bridgehead atoms. The molecule has 2 heterocycles. The minimum absolute atomic E-state index is 0.210. The Bertz CT molecular complexity index is 1040. The number of nitrogens with zero attached hydrogens (tertiary/aromatic N) is 2. The summed E-state index contributed by atoms with van der Waals surface area (Å²) in [6, 6.07) is 22.8. The Balaban J connectivity index is 1.25. The van der Waals surface area contributed by atoms with Crippen molar-refractivity contribution in [2.45, 2.75) is 12.5 Å². The number of halogens is 1. The molecule has 0 spiro atoms. The van der Waals surface area contributed by atoms with Gasteiger partial charge in [-0.15, -0.1) is 0 Å². The first-order valence-electron chi connectivity index (χ1n) is 11.1. The number of rotatable bonds is 7. The summed E-state index contributed by atoms with van der Waals surface area (Å²) in [5.74, 6) is 1.70. The van der Waals surface area contributed by atoms with E-state index < -0.39 is 0 Å². The van der Waals surface area contributed by atoms with E-state index in [0.29, 0.717) is 5.75 Å². The first kappa shape index (κ1) is 20.6. The number of anilines is 1. The molecule has 0 aromatic heterocycles. The average Bonchev–Trinajstić information content (AvgIpc) is 3.31. The molecule has 32 heavy (non-hydrogen) atoms. The lowest BCUT2D eigenvalue weighted by Crippen LogP contribution is -2.46. The summed E-state index contributed by atoms with van der Waals surface area (Å²) in [5, 5.41) is 0. The van der Waals surface area contributed by atoms with Crippen molar-refractivity contribution in [3.63, 3.8) is 0 Å². The Hall–Kier alpha value is -3.25. The molecule has 1 fully saturated rings. The van der Waals surface area contributed by atoms with Crippen molar-refractivity contribution in [2.75, 3.05) is 44.4 Å². The molecule has 0 radical (unpaired) electrons. The third-order valence-electron chi connectivity index (χ3n) is 6.04. The molecule has 3 aromatic rings. The number of hydrogen-bond acceptors (Lipinski definition) is 5.